The number of urea groups is 1. The molecule has 1 aromatic carbocycles. The maximum Gasteiger partial charge on any atom is 0.348 e. The Morgan fingerprint density at radius 3 is 2.62 bits per heavy atom. The third-order valence-corrected chi connectivity index (χ3v) is 5.58. The molecule has 32 heavy (non-hydrogen) atoms. The van der Waals surface area contributed by atoms with Crippen molar-refractivity contribution in [2.45, 2.75) is 39.3 Å². The molecule has 0 radical (unpaired) electrons. The molecular formula is C22H32N6O4. The van der Waals surface area contributed by atoms with Crippen LogP contribution in [0.3, 0.4) is 0 Å². The molecule has 0 bridgehead atoms. The molecule has 10 heteroatoms. The zero-order chi connectivity index (χ0) is 23.3. The normalized spacial score (nSPS) is 14.6. The molecule has 3 N–H and O–H groups in total. The molecule has 3 amide bonds. The third-order valence-electron chi connectivity index (χ3n) is 5.58. The molecule has 1 saturated heterocycles. The van der Waals surface area contributed by atoms with Gasteiger partial charge in [0.25, 0.3) is 6.01 Å². The molecule has 10 nitrogen and oxygen atoms in total. The van der Waals surface area contributed by atoms with Gasteiger partial charge in [-0.2, -0.15) is 4.98 Å². The number of carbonyl (C=O) groups excluding carboxylic acids is 2. The first-order valence-corrected chi connectivity index (χ1v) is 10.9. The van der Waals surface area contributed by atoms with Crippen LogP contribution < -0.4 is 21.6 Å². The van der Waals surface area contributed by atoms with Crippen molar-refractivity contribution in [3.05, 3.63) is 33.7 Å². The number of hydrogen-bond acceptors (Lipinski definition) is 7. The van der Waals surface area contributed by atoms with Crippen molar-refractivity contribution in [3.8, 4) is 0 Å². The number of rotatable bonds is 8. The van der Waals surface area contributed by atoms with E-state index in [2.05, 4.69) is 20.9 Å². The highest BCUT2D eigenvalue weighted by Gasteiger charge is 2.24. The van der Waals surface area contributed by atoms with Crippen LogP contribution in [-0.2, 0) is 11.3 Å². The molecule has 0 aliphatic carbocycles. The molecule has 3 rings (SSSR count). The Morgan fingerprint density at radius 1 is 1.22 bits per heavy atom. The van der Waals surface area contributed by atoms with Crippen molar-refractivity contribution < 1.29 is 14.0 Å². The van der Waals surface area contributed by atoms with Gasteiger partial charge >= 0.3 is 11.7 Å². The van der Waals surface area contributed by atoms with Gasteiger partial charge in [-0.3, -0.25) is 4.79 Å². The number of fused-ring (bicyclic) bond motifs is 1. The molecule has 0 saturated carbocycles. The largest absolute Gasteiger partial charge is 0.389 e. The lowest BCUT2D eigenvalue weighted by Crippen LogP contribution is -2.39. The standard InChI is InChI=1S/C22H32N6O4/c1-14-16(13-24-21(31)23-9-12-27(3)4)7-8-17-18(14)20(30)32-22(26-17)25-15(2)19(29)28-10-5-6-11-28/h7-8,15H,5-6,9-13H2,1-4H3,(H,25,26)(H2,23,24,31)/t15-/m0/s1. The van der Waals surface area contributed by atoms with Crippen LogP contribution in [-0.4, -0.2) is 73.0 Å². The summed E-state index contributed by atoms with van der Waals surface area (Å²) >= 11 is 0. The predicted octanol–water partition coefficient (Wildman–Crippen LogP) is 1.28. The predicted molar refractivity (Wildman–Crippen MR) is 123 cm³/mol. The zero-order valence-electron chi connectivity index (χ0n) is 19.2. The van der Waals surface area contributed by atoms with Crippen molar-refractivity contribution in [1.82, 2.24) is 25.4 Å². The maximum absolute atomic E-state index is 12.7. The topological polar surface area (TPSA) is 120 Å². The van der Waals surface area contributed by atoms with Gasteiger partial charge in [-0.05, 0) is 58.0 Å². The van der Waals surface area contributed by atoms with Crippen LogP contribution in [0.4, 0.5) is 10.8 Å². The summed E-state index contributed by atoms with van der Waals surface area (Å²) in [7, 11) is 3.87. The number of aromatic nitrogens is 1. The molecule has 1 atom stereocenters. The van der Waals surface area contributed by atoms with Crippen LogP contribution in [0.2, 0.25) is 0 Å². The molecule has 0 spiro atoms. The Balaban J connectivity index is 1.68. The number of nitrogens with zero attached hydrogens (tertiary/aromatic N) is 3. The Morgan fingerprint density at radius 2 is 1.94 bits per heavy atom. The molecular weight excluding hydrogens is 412 g/mol. The molecule has 0 unspecified atom stereocenters. The number of likely N-dealkylation sites (tertiary alicyclic amines) is 1. The van der Waals surface area contributed by atoms with E-state index in [1.54, 1.807) is 24.8 Å². The SMILES string of the molecule is Cc1c(CNC(=O)NCCN(C)C)ccc2nc(N[C@@H](C)C(=O)N3CCCC3)oc(=O)c12. The van der Waals surface area contributed by atoms with E-state index in [0.717, 1.165) is 38.0 Å². The summed E-state index contributed by atoms with van der Waals surface area (Å²) in [6.07, 6.45) is 2.02. The number of carbonyl (C=O) groups is 2. The minimum Gasteiger partial charge on any atom is -0.389 e. The fourth-order valence-corrected chi connectivity index (χ4v) is 3.71. The molecule has 2 heterocycles. The summed E-state index contributed by atoms with van der Waals surface area (Å²) in [4.78, 5) is 45.3. The summed E-state index contributed by atoms with van der Waals surface area (Å²) in [5.41, 5.74) is 1.44. The highest BCUT2D eigenvalue weighted by molar-refractivity contribution is 5.85. The molecule has 174 valence electrons. The second-order valence-electron chi connectivity index (χ2n) is 8.36. The third kappa shape index (κ3) is 5.76. The van der Waals surface area contributed by atoms with Crippen molar-refractivity contribution in [2.75, 3.05) is 45.6 Å². The fourth-order valence-electron chi connectivity index (χ4n) is 3.71. The van der Waals surface area contributed by atoms with E-state index in [0.29, 0.717) is 23.0 Å². The second kappa shape index (κ2) is 10.4. The summed E-state index contributed by atoms with van der Waals surface area (Å²) < 4.78 is 5.36. The summed E-state index contributed by atoms with van der Waals surface area (Å²) in [5.74, 6) is -0.0338. The Bertz CT molecular complexity index is 1030. The van der Waals surface area contributed by atoms with Crippen LogP contribution >= 0.6 is 0 Å². The lowest BCUT2D eigenvalue weighted by molar-refractivity contribution is -0.130. The van der Waals surface area contributed by atoms with Crippen LogP contribution in [0.1, 0.15) is 30.9 Å². The molecule has 1 aliphatic rings. The number of aryl methyl sites for hydroxylation is 1. The Hall–Kier alpha value is -3.14. The van der Waals surface area contributed by atoms with Crippen LogP contribution in [0.25, 0.3) is 10.9 Å². The van der Waals surface area contributed by atoms with E-state index in [9.17, 15) is 14.4 Å². The first-order valence-electron chi connectivity index (χ1n) is 10.9. The van der Waals surface area contributed by atoms with Crippen molar-refractivity contribution in [2.24, 2.45) is 0 Å². The van der Waals surface area contributed by atoms with Gasteiger partial charge in [0, 0.05) is 32.7 Å². The highest BCUT2D eigenvalue weighted by atomic mass is 16.4. The van der Waals surface area contributed by atoms with Gasteiger partial charge in [0.05, 0.1) is 10.9 Å². The van der Waals surface area contributed by atoms with E-state index in [1.165, 1.54) is 0 Å². The van der Waals surface area contributed by atoms with Gasteiger partial charge in [-0.15, -0.1) is 0 Å². The first-order chi connectivity index (χ1) is 15.3. The summed E-state index contributed by atoms with van der Waals surface area (Å²) in [6, 6.07) is 2.75. The monoisotopic (exact) mass is 444 g/mol. The van der Waals surface area contributed by atoms with Gasteiger partial charge in [-0.1, -0.05) is 6.07 Å². The highest BCUT2D eigenvalue weighted by Crippen LogP contribution is 2.20. The van der Waals surface area contributed by atoms with Crippen LogP contribution in [0.15, 0.2) is 21.3 Å². The summed E-state index contributed by atoms with van der Waals surface area (Å²) in [6.45, 7) is 6.60. The number of likely N-dealkylation sites (N-methyl/N-ethyl adjacent to an activating group) is 1. The van der Waals surface area contributed by atoms with Gasteiger partial charge in [-0.25, -0.2) is 9.59 Å². The molecule has 2 aromatic rings. The average molecular weight is 445 g/mol. The average Bonchev–Trinajstić information content (AvgIpc) is 3.27. The van der Waals surface area contributed by atoms with E-state index in [1.807, 2.05) is 25.1 Å². The maximum atomic E-state index is 12.7. The first kappa shape index (κ1) is 23.5. The molecule has 1 fully saturated rings. The number of nitrogens with one attached hydrogen (secondary N) is 3. The number of benzene rings is 1. The number of anilines is 1. The quantitative estimate of drug-likeness (QED) is 0.561. The smallest absolute Gasteiger partial charge is 0.348 e. The lowest BCUT2D eigenvalue weighted by Gasteiger charge is -2.20. The van der Waals surface area contributed by atoms with Gasteiger partial charge < -0.3 is 30.2 Å². The zero-order valence-corrected chi connectivity index (χ0v) is 19.2. The van der Waals surface area contributed by atoms with Gasteiger partial charge in [0.2, 0.25) is 5.91 Å². The van der Waals surface area contributed by atoms with Gasteiger partial charge in [0.1, 0.15) is 6.04 Å². The van der Waals surface area contributed by atoms with Crippen LogP contribution in [0.5, 0.6) is 0 Å². The Labute approximate surface area is 187 Å². The van der Waals surface area contributed by atoms with Crippen LogP contribution in [0, 0.1) is 6.92 Å². The number of amides is 3. The second-order valence-corrected chi connectivity index (χ2v) is 8.36. The van der Waals surface area contributed by atoms with Crippen molar-refractivity contribution >= 4 is 28.9 Å². The Kier molecular flexibility index (Phi) is 7.68. The summed E-state index contributed by atoms with van der Waals surface area (Å²) in [5, 5.41) is 8.86. The fraction of sp³-hybridized carbons (Fsp3) is 0.545. The lowest BCUT2D eigenvalue weighted by atomic mass is 10.0. The van der Waals surface area contributed by atoms with Crippen molar-refractivity contribution in [1.29, 1.82) is 0 Å². The number of hydrogen-bond donors (Lipinski definition) is 3. The van der Waals surface area contributed by atoms with Crippen molar-refractivity contribution in [3.63, 3.8) is 0 Å². The molecule has 1 aromatic heterocycles. The molecule has 1 aliphatic heterocycles. The van der Waals surface area contributed by atoms with E-state index in [4.69, 9.17) is 4.42 Å². The van der Waals surface area contributed by atoms with E-state index >= 15 is 0 Å². The van der Waals surface area contributed by atoms with E-state index in [-0.39, 0.29) is 24.5 Å². The minimum atomic E-state index is -0.545. The van der Waals surface area contributed by atoms with E-state index < -0.39 is 11.7 Å². The minimum absolute atomic E-state index is 0.0214. The van der Waals surface area contributed by atoms with Gasteiger partial charge in [0.15, 0.2) is 0 Å².